The molecular formula is C21H22O11. The van der Waals surface area contributed by atoms with Crippen LogP contribution in [0.25, 0.3) is 0 Å². The molecule has 0 unspecified atom stereocenters. The second-order valence-electron chi connectivity index (χ2n) is 7.73. The SMILES string of the molecule is C[C@@H]1O[C@@H](O[C@H]2C(=O)c3c(O)cc(O)cc3O[C@H]2c2ccc(O)c(O)c2)[C@@H](O)[C@@H](O)[C@H]1O. The average molecular weight is 450 g/mol. The number of carbonyl (C=O) groups excluding carboxylic acids is 1. The van der Waals surface area contributed by atoms with E-state index in [-0.39, 0.29) is 22.6 Å². The second kappa shape index (κ2) is 8.11. The molecule has 0 aliphatic carbocycles. The van der Waals surface area contributed by atoms with Crippen molar-refractivity contribution in [1.82, 2.24) is 0 Å². The molecule has 32 heavy (non-hydrogen) atoms. The Balaban J connectivity index is 1.75. The third-order valence-electron chi connectivity index (χ3n) is 5.52. The van der Waals surface area contributed by atoms with Crippen molar-refractivity contribution in [3.05, 3.63) is 41.5 Å². The molecule has 2 aromatic rings. The van der Waals surface area contributed by atoms with Crippen molar-refractivity contribution in [2.45, 2.75) is 49.8 Å². The number of aromatic hydroxyl groups is 4. The van der Waals surface area contributed by atoms with Gasteiger partial charge in [-0.25, -0.2) is 0 Å². The van der Waals surface area contributed by atoms with Crippen LogP contribution in [0.3, 0.4) is 0 Å². The van der Waals surface area contributed by atoms with Crippen molar-refractivity contribution < 1.29 is 54.8 Å². The zero-order valence-electron chi connectivity index (χ0n) is 16.7. The maximum Gasteiger partial charge on any atom is 0.203 e. The number of ketones is 1. The van der Waals surface area contributed by atoms with Crippen LogP contribution < -0.4 is 4.74 Å². The molecule has 2 aromatic carbocycles. The minimum Gasteiger partial charge on any atom is -0.508 e. The highest BCUT2D eigenvalue weighted by atomic mass is 16.7. The summed E-state index contributed by atoms with van der Waals surface area (Å²) in [6.07, 6.45) is -10.0. The number of phenolic OH excluding ortho intramolecular Hbond substituents is 4. The number of hydrogen-bond acceptors (Lipinski definition) is 11. The van der Waals surface area contributed by atoms with Gasteiger partial charge in [-0.15, -0.1) is 0 Å². The second-order valence-corrected chi connectivity index (χ2v) is 7.73. The summed E-state index contributed by atoms with van der Waals surface area (Å²) in [7, 11) is 0. The van der Waals surface area contributed by atoms with Gasteiger partial charge in [0.05, 0.1) is 6.10 Å². The molecule has 7 atom stereocenters. The van der Waals surface area contributed by atoms with E-state index in [1.807, 2.05) is 0 Å². The number of rotatable bonds is 3. The molecular weight excluding hydrogens is 428 g/mol. The largest absolute Gasteiger partial charge is 0.508 e. The van der Waals surface area contributed by atoms with Crippen molar-refractivity contribution in [2.75, 3.05) is 0 Å². The van der Waals surface area contributed by atoms with E-state index in [1.54, 1.807) is 0 Å². The Morgan fingerprint density at radius 3 is 2.28 bits per heavy atom. The van der Waals surface area contributed by atoms with E-state index in [4.69, 9.17) is 14.2 Å². The van der Waals surface area contributed by atoms with E-state index in [9.17, 15) is 40.5 Å². The van der Waals surface area contributed by atoms with Crippen LogP contribution in [0.15, 0.2) is 30.3 Å². The summed E-state index contributed by atoms with van der Waals surface area (Å²) in [5, 5.41) is 69.7. The number of aliphatic hydroxyl groups excluding tert-OH is 3. The minimum absolute atomic E-state index is 0.154. The van der Waals surface area contributed by atoms with Crippen LogP contribution in [-0.2, 0) is 9.47 Å². The van der Waals surface area contributed by atoms with Crippen molar-refractivity contribution in [3.63, 3.8) is 0 Å². The molecule has 2 aliphatic heterocycles. The quantitative estimate of drug-likeness (QED) is 0.313. The highest BCUT2D eigenvalue weighted by Crippen LogP contribution is 2.44. The van der Waals surface area contributed by atoms with E-state index < -0.39 is 65.9 Å². The molecule has 11 nitrogen and oxygen atoms in total. The third-order valence-corrected chi connectivity index (χ3v) is 5.52. The van der Waals surface area contributed by atoms with Crippen LogP contribution in [0.1, 0.15) is 28.9 Å². The maximum absolute atomic E-state index is 13.3. The Hall–Kier alpha value is -3.09. The molecule has 0 amide bonds. The standard InChI is InChI=1S/C21H22O11/c1-7-15(26)17(28)18(29)21(30-7)32-20-16(27)14-12(25)5-9(22)6-13(14)31-19(20)8-2-3-10(23)11(24)4-8/h2-7,15,17-26,28-29H,1H3/t7-,15-,17-,18-,19-,20-,21-/m0/s1. The van der Waals surface area contributed by atoms with Crippen molar-refractivity contribution in [3.8, 4) is 28.7 Å². The minimum atomic E-state index is -1.71. The molecule has 2 heterocycles. The van der Waals surface area contributed by atoms with Gasteiger partial charge in [0.15, 0.2) is 30.0 Å². The lowest BCUT2D eigenvalue weighted by Crippen LogP contribution is -2.59. The molecule has 0 radical (unpaired) electrons. The third kappa shape index (κ3) is 3.70. The van der Waals surface area contributed by atoms with Gasteiger partial charge in [0.1, 0.15) is 41.1 Å². The molecule has 0 aromatic heterocycles. The summed E-state index contributed by atoms with van der Waals surface area (Å²) in [5.74, 6) is -2.79. The van der Waals surface area contributed by atoms with Gasteiger partial charge < -0.3 is 50.0 Å². The van der Waals surface area contributed by atoms with Gasteiger partial charge in [-0.05, 0) is 24.6 Å². The zero-order chi connectivity index (χ0) is 23.3. The van der Waals surface area contributed by atoms with Crippen LogP contribution in [0.2, 0.25) is 0 Å². The van der Waals surface area contributed by atoms with Crippen LogP contribution in [-0.4, -0.2) is 78.3 Å². The number of benzene rings is 2. The summed E-state index contributed by atoms with van der Waals surface area (Å²) in [6, 6.07) is 5.72. The molecule has 7 N–H and O–H groups in total. The number of aliphatic hydroxyl groups is 3. The van der Waals surface area contributed by atoms with Gasteiger partial charge in [-0.1, -0.05) is 6.07 Å². The lowest BCUT2D eigenvalue weighted by atomic mass is 9.92. The first-order valence-corrected chi connectivity index (χ1v) is 9.72. The normalized spacial score (nSPS) is 32.2. The molecule has 1 saturated heterocycles. The first kappa shape index (κ1) is 22.1. The maximum atomic E-state index is 13.3. The summed E-state index contributed by atoms with van der Waals surface area (Å²) in [5.41, 5.74) is -0.1000. The fourth-order valence-corrected chi connectivity index (χ4v) is 3.77. The first-order chi connectivity index (χ1) is 15.1. The van der Waals surface area contributed by atoms with Gasteiger partial charge in [0.2, 0.25) is 5.78 Å². The van der Waals surface area contributed by atoms with E-state index >= 15 is 0 Å². The van der Waals surface area contributed by atoms with Gasteiger partial charge in [-0.2, -0.15) is 0 Å². The van der Waals surface area contributed by atoms with Crippen LogP contribution in [0, 0.1) is 0 Å². The Bertz CT molecular complexity index is 1040. The number of Topliss-reactive ketones (excluding diaryl/α,β-unsaturated/α-hetero) is 1. The Morgan fingerprint density at radius 1 is 0.875 bits per heavy atom. The van der Waals surface area contributed by atoms with Gasteiger partial charge in [0, 0.05) is 12.1 Å². The Morgan fingerprint density at radius 2 is 1.59 bits per heavy atom. The van der Waals surface area contributed by atoms with Crippen LogP contribution in [0.4, 0.5) is 0 Å². The van der Waals surface area contributed by atoms with Gasteiger partial charge in [0.25, 0.3) is 0 Å². The lowest BCUT2D eigenvalue weighted by Gasteiger charge is -2.42. The predicted molar refractivity (Wildman–Crippen MR) is 104 cm³/mol. The first-order valence-electron chi connectivity index (χ1n) is 9.72. The molecule has 1 fully saturated rings. The smallest absolute Gasteiger partial charge is 0.203 e. The Kier molecular flexibility index (Phi) is 5.61. The van der Waals surface area contributed by atoms with Gasteiger partial charge in [-0.3, -0.25) is 4.79 Å². The molecule has 172 valence electrons. The number of fused-ring (bicyclic) bond motifs is 1. The van der Waals surface area contributed by atoms with Crippen molar-refractivity contribution >= 4 is 5.78 Å². The summed E-state index contributed by atoms with van der Waals surface area (Å²) >= 11 is 0. The molecule has 2 aliphatic rings. The topological polar surface area (TPSA) is 186 Å². The highest BCUT2D eigenvalue weighted by Gasteiger charge is 2.48. The summed E-state index contributed by atoms with van der Waals surface area (Å²) in [4.78, 5) is 13.3. The van der Waals surface area contributed by atoms with Crippen molar-refractivity contribution in [2.24, 2.45) is 0 Å². The van der Waals surface area contributed by atoms with Crippen LogP contribution >= 0.6 is 0 Å². The summed E-state index contributed by atoms with van der Waals surface area (Å²) in [6.45, 7) is 1.44. The molecule has 0 spiro atoms. The fraction of sp³-hybridized carbons (Fsp3) is 0.381. The average Bonchev–Trinajstić information content (AvgIpc) is 2.73. The Labute approximate surface area is 181 Å². The van der Waals surface area contributed by atoms with Gasteiger partial charge >= 0.3 is 0 Å². The molecule has 11 heteroatoms. The molecule has 0 saturated carbocycles. The highest BCUT2D eigenvalue weighted by molar-refractivity contribution is 6.05. The monoisotopic (exact) mass is 450 g/mol. The lowest BCUT2D eigenvalue weighted by molar-refractivity contribution is -0.304. The van der Waals surface area contributed by atoms with E-state index in [1.165, 1.54) is 19.1 Å². The number of ether oxygens (including phenoxy) is 3. The van der Waals surface area contributed by atoms with Crippen LogP contribution in [0.5, 0.6) is 28.7 Å². The number of carbonyl (C=O) groups is 1. The summed E-state index contributed by atoms with van der Waals surface area (Å²) < 4.78 is 16.9. The van der Waals surface area contributed by atoms with E-state index in [2.05, 4.69) is 0 Å². The molecule has 4 rings (SSSR count). The van der Waals surface area contributed by atoms with E-state index in [0.29, 0.717) is 0 Å². The number of phenols is 4. The predicted octanol–water partition coefficient (Wildman–Crippen LogP) is 0.0381. The fourth-order valence-electron chi connectivity index (χ4n) is 3.77. The van der Waals surface area contributed by atoms with E-state index in [0.717, 1.165) is 18.2 Å². The van der Waals surface area contributed by atoms with Crippen molar-refractivity contribution in [1.29, 1.82) is 0 Å². The molecule has 0 bridgehead atoms. The number of hydrogen-bond donors (Lipinski definition) is 7. The zero-order valence-corrected chi connectivity index (χ0v) is 16.7.